The van der Waals surface area contributed by atoms with E-state index in [2.05, 4.69) is 45.2 Å². The van der Waals surface area contributed by atoms with Gasteiger partial charge in [0, 0.05) is 9.75 Å². The van der Waals surface area contributed by atoms with Gasteiger partial charge in [-0.2, -0.15) is 0 Å². The van der Waals surface area contributed by atoms with Gasteiger partial charge >= 0.3 is 0 Å². The highest BCUT2D eigenvalue weighted by Crippen LogP contribution is 2.29. The van der Waals surface area contributed by atoms with Crippen molar-refractivity contribution >= 4 is 22.7 Å². The summed E-state index contributed by atoms with van der Waals surface area (Å²) in [5.41, 5.74) is 0. The van der Waals surface area contributed by atoms with Gasteiger partial charge < -0.3 is 10.2 Å². The number of piperidine rings is 1. The van der Waals surface area contributed by atoms with Gasteiger partial charge in [0.1, 0.15) is 0 Å². The number of rotatable bonds is 7. The molecule has 1 saturated heterocycles. The van der Waals surface area contributed by atoms with Crippen LogP contribution in [0.1, 0.15) is 41.5 Å². The molecule has 3 heterocycles. The Morgan fingerprint density at radius 2 is 1.67 bits per heavy atom. The van der Waals surface area contributed by atoms with Crippen LogP contribution >= 0.6 is 22.7 Å². The Morgan fingerprint density at radius 3 is 2.24 bits per heavy atom. The second-order valence-electron chi connectivity index (χ2n) is 5.67. The first-order valence-electron chi connectivity index (χ1n) is 7.96. The van der Waals surface area contributed by atoms with Gasteiger partial charge in [-0.1, -0.05) is 18.6 Å². The summed E-state index contributed by atoms with van der Waals surface area (Å²) in [6, 6.07) is 9.16. The van der Waals surface area contributed by atoms with E-state index in [1.165, 1.54) is 55.1 Å². The molecule has 4 heteroatoms. The second kappa shape index (κ2) is 8.08. The average molecular weight is 321 g/mol. The fourth-order valence-electron chi connectivity index (χ4n) is 2.98. The molecule has 2 nitrogen and oxygen atoms in total. The van der Waals surface area contributed by atoms with Crippen LogP contribution in [0.2, 0.25) is 0 Å². The van der Waals surface area contributed by atoms with Gasteiger partial charge in [0.05, 0.1) is 6.04 Å². The van der Waals surface area contributed by atoms with E-state index in [0.29, 0.717) is 6.04 Å². The Kier molecular flexibility index (Phi) is 5.86. The lowest BCUT2D eigenvalue weighted by Gasteiger charge is -2.26. The van der Waals surface area contributed by atoms with Crippen LogP contribution < -0.4 is 5.32 Å². The van der Waals surface area contributed by atoms with Gasteiger partial charge in [-0.15, -0.1) is 22.7 Å². The first-order chi connectivity index (χ1) is 10.4. The van der Waals surface area contributed by atoms with E-state index >= 15 is 0 Å². The molecule has 1 N–H and O–H groups in total. The maximum absolute atomic E-state index is 3.76. The number of nitrogens with one attached hydrogen (secondary N) is 1. The third kappa shape index (κ3) is 4.39. The monoisotopic (exact) mass is 320 g/mol. The van der Waals surface area contributed by atoms with E-state index in [0.717, 1.165) is 6.54 Å². The molecule has 2 aromatic heterocycles. The van der Waals surface area contributed by atoms with Crippen molar-refractivity contribution in [2.24, 2.45) is 0 Å². The third-order valence-electron chi connectivity index (χ3n) is 4.10. The van der Waals surface area contributed by atoms with Gasteiger partial charge in [0.25, 0.3) is 0 Å². The van der Waals surface area contributed by atoms with Crippen LogP contribution in [0.25, 0.3) is 0 Å². The molecule has 0 saturated carbocycles. The lowest BCUT2D eigenvalue weighted by atomic mass is 10.1. The van der Waals surface area contributed by atoms with E-state index < -0.39 is 0 Å². The number of nitrogens with zero attached hydrogens (tertiary/aromatic N) is 1. The summed E-state index contributed by atoms with van der Waals surface area (Å²) in [6.45, 7) is 4.95. The molecule has 3 rings (SSSR count). The fraction of sp³-hybridized carbons (Fsp3) is 0.529. The summed E-state index contributed by atoms with van der Waals surface area (Å²) in [6.07, 6.45) is 5.45. The minimum absolute atomic E-state index is 0.381. The lowest BCUT2D eigenvalue weighted by Crippen LogP contribution is -2.32. The quantitative estimate of drug-likeness (QED) is 0.762. The molecule has 0 spiro atoms. The molecule has 0 atom stereocenters. The molecule has 2 aromatic rings. The number of hydrogen-bond donors (Lipinski definition) is 1. The predicted octanol–water partition coefficient (Wildman–Crippen LogP) is 4.36. The average Bonchev–Trinajstić information content (AvgIpc) is 3.22. The molecule has 21 heavy (non-hydrogen) atoms. The Labute approximate surface area is 135 Å². The van der Waals surface area contributed by atoms with Crippen LogP contribution in [-0.4, -0.2) is 31.1 Å². The number of hydrogen-bond acceptors (Lipinski definition) is 4. The zero-order valence-corrected chi connectivity index (χ0v) is 14.1. The zero-order chi connectivity index (χ0) is 14.3. The molecule has 0 amide bonds. The van der Waals surface area contributed by atoms with Crippen LogP contribution in [0.3, 0.4) is 0 Å². The Bertz CT molecular complexity index is 453. The molecular formula is C17H24N2S2. The normalized spacial score (nSPS) is 16.6. The standard InChI is InChI=1S/C17H24N2S2/c1-2-10-19(11-3-1)12-6-9-18-17(15-7-4-13-20-15)16-8-5-14-21-16/h4-5,7-8,13-14,17-18H,1-3,6,9-12H2. The molecule has 0 radical (unpaired) electrons. The Morgan fingerprint density at radius 1 is 1.00 bits per heavy atom. The maximum Gasteiger partial charge on any atom is 0.0764 e. The largest absolute Gasteiger partial charge is 0.305 e. The van der Waals surface area contributed by atoms with Crippen LogP contribution in [0.4, 0.5) is 0 Å². The van der Waals surface area contributed by atoms with Crippen LogP contribution in [0.5, 0.6) is 0 Å². The van der Waals surface area contributed by atoms with Gasteiger partial charge in [0.2, 0.25) is 0 Å². The minimum Gasteiger partial charge on any atom is -0.305 e. The molecule has 1 aliphatic heterocycles. The summed E-state index contributed by atoms with van der Waals surface area (Å²) in [5, 5.41) is 8.10. The van der Waals surface area contributed by atoms with Gasteiger partial charge in [-0.05, 0) is 68.3 Å². The SMILES string of the molecule is c1csc(C(NCCCN2CCCCC2)c2cccs2)c1. The van der Waals surface area contributed by atoms with Gasteiger partial charge in [-0.25, -0.2) is 0 Å². The van der Waals surface area contributed by atoms with Crippen molar-refractivity contribution < 1.29 is 0 Å². The molecule has 0 bridgehead atoms. The molecule has 0 aliphatic carbocycles. The minimum atomic E-state index is 0.381. The highest BCUT2D eigenvalue weighted by molar-refractivity contribution is 7.11. The highest BCUT2D eigenvalue weighted by atomic mass is 32.1. The molecule has 114 valence electrons. The number of likely N-dealkylation sites (tertiary alicyclic amines) is 1. The molecule has 1 aliphatic rings. The summed E-state index contributed by atoms with van der Waals surface area (Å²) >= 11 is 3.70. The van der Waals surface area contributed by atoms with Crippen molar-refractivity contribution in [3.63, 3.8) is 0 Å². The Balaban J connectivity index is 1.49. The lowest BCUT2D eigenvalue weighted by molar-refractivity contribution is 0.225. The van der Waals surface area contributed by atoms with E-state index in [9.17, 15) is 0 Å². The highest BCUT2D eigenvalue weighted by Gasteiger charge is 2.15. The number of thiophene rings is 2. The van der Waals surface area contributed by atoms with Gasteiger partial charge in [0.15, 0.2) is 0 Å². The molecule has 0 aromatic carbocycles. The van der Waals surface area contributed by atoms with Crippen molar-refractivity contribution in [2.45, 2.75) is 31.7 Å². The van der Waals surface area contributed by atoms with E-state index in [4.69, 9.17) is 0 Å². The second-order valence-corrected chi connectivity index (χ2v) is 7.63. The fourth-order valence-corrected chi connectivity index (χ4v) is 4.69. The van der Waals surface area contributed by atoms with Crippen molar-refractivity contribution in [1.82, 2.24) is 10.2 Å². The summed E-state index contributed by atoms with van der Waals surface area (Å²) in [5.74, 6) is 0. The molecule has 0 unspecified atom stereocenters. The smallest absolute Gasteiger partial charge is 0.0764 e. The van der Waals surface area contributed by atoms with E-state index in [1.807, 2.05) is 22.7 Å². The first-order valence-corrected chi connectivity index (χ1v) is 9.72. The topological polar surface area (TPSA) is 15.3 Å². The summed E-state index contributed by atoms with van der Waals surface area (Å²) < 4.78 is 0. The van der Waals surface area contributed by atoms with Crippen LogP contribution in [-0.2, 0) is 0 Å². The third-order valence-corrected chi connectivity index (χ3v) is 5.98. The van der Waals surface area contributed by atoms with Crippen molar-refractivity contribution in [3.8, 4) is 0 Å². The van der Waals surface area contributed by atoms with Crippen LogP contribution in [0, 0.1) is 0 Å². The van der Waals surface area contributed by atoms with Crippen molar-refractivity contribution in [2.75, 3.05) is 26.2 Å². The zero-order valence-electron chi connectivity index (χ0n) is 12.5. The first kappa shape index (κ1) is 15.2. The molecular weight excluding hydrogens is 296 g/mol. The van der Waals surface area contributed by atoms with Crippen molar-refractivity contribution in [1.29, 1.82) is 0 Å². The van der Waals surface area contributed by atoms with Crippen LogP contribution in [0.15, 0.2) is 35.0 Å². The summed E-state index contributed by atoms with van der Waals surface area (Å²) in [7, 11) is 0. The predicted molar refractivity (Wildman–Crippen MR) is 93.4 cm³/mol. The van der Waals surface area contributed by atoms with Gasteiger partial charge in [-0.3, -0.25) is 0 Å². The molecule has 1 fully saturated rings. The Hall–Kier alpha value is -0.680. The van der Waals surface area contributed by atoms with E-state index in [1.54, 1.807) is 0 Å². The maximum atomic E-state index is 3.76. The van der Waals surface area contributed by atoms with Crippen molar-refractivity contribution in [3.05, 3.63) is 44.8 Å². The van der Waals surface area contributed by atoms with E-state index in [-0.39, 0.29) is 0 Å². The summed E-state index contributed by atoms with van der Waals surface area (Å²) in [4.78, 5) is 5.47.